The molecule has 2 amide bonds. The zero-order valence-corrected chi connectivity index (χ0v) is 26.1. The van der Waals surface area contributed by atoms with Crippen LogP contribution >= 0.6 is 0 Å². The summed E-state index contributed by atoms with van der Waals surface area (Å²) in [4.78, 5) is 34.4. The lowest BCUT2D eigenvalue weighted by Crippen LogP contribution is -2.52. The van der Waals surface area contributed by atoms with Gasteiger partial charge in [-0.15, -0.1) is 0 Å². The van der Waals surface area contributed by atoms with Crippen LogP contribution in [0.3, 0.4) is 0 Å². The summed E-state index contributed by atoms with van der Waals surface area (Å²) in [7, 11) is 1.96. The van der Waals surface area contributed by atoms with E-state index in [1.54, 1.807) is 0 Å². The molecule has 2 unspecified atom stereocenters. The van der Waals surface area contributed by atoms with Gasteiger partial charge in [-0.25, -0.2) is 0 Å². The van der Waals surface area contributed by atoms with Crippen molar-refractivity contribution < 1.29 is 9.59 Å². The fourth-order valence-corrected chi connectivity index (χ4v) is 6.91. The lowest BCUT2D eigenvalue weighted by molar-refractivity contribution is -0.133. The third kappa shape index (κ3) is 6.62. The number of aromatic nitrogens is 2. The normalized spacial score (nSPS) is 19.9. The van der Waals surface area contributed by atoms with E-state index >= 15 is 0 Å². The summed E-state index contributed by atoms with van der Waals surface area (Å²) in [6.07, 6.45) is 5.37. The molecule has 224 valence electrons. The first-order valence-corrected chi connectivity index (χ1v) is 15.7. The molecule has 2 aliphatic rings. The lowest BCUT2D eigenvalue weighted by Gasteiger charge is -2.44. The number of aryl methyl sites for hydroxylation is 2. The average molecular weight is 570 g/mol. The second kappa shape index (κ2) is 13.2. The van der Waals surface area contributed by atoms with Gasteiger partial charge in [-0.2, -0.15) is 5.10 Å². The van der Waals surface area contributed by atoms with Gasteiger partial charge in [-0.3, -0.25) is 19.2 Å². The Morgan fingerprint density at radius 2 is 1.67 bits per heavy atom. The molecule has 0 radical (unpaired) electrons. The zero-order valence-electron chi connectivity index (χ0n) is 26.1. The fourth-order valence-electron chi connectivity index (χ4n) is 6.91. The minimum Gasteiger partial charge on any atom is -0.337 e. The van der Waals surface area contributed by atoms with Crippen LogP contribution in [-0.2, 0) is 36.1 Å². The molecule has 1 aromatic heterocycles. The van der Waals surface area contributed by atoms with Crippen molar-refractivity contribution in [3.05, 3.63) is 82.7 Å². The standard InChI is InChI=1S/C35H47N5O2/c1-25(2)35(42)39-21-20-30-15-11-16-31(40(30)22-28-12-7-6-8-13-28)24-38(23-29-14-9-10-17-33(29)39)34(41)19-18-32-26(3)36-37(5)27(32)4/h6-10,12-14,17,25,30-31H,11,15-16,18-24H2,1-5H3. The van der Waals surface area contributed by atoms with Gasteiger partial charge in [0.1, 0.15) is 0 Å². The maximum Gasteiger partial charge on any atom is 0.229 e. The number of carbonyl (C=O) groups excluding carboxylic acids is 2. The molecule has 7 heteroatoms. The molecule has 3 aromatic rings. The summed E-state index contributed by atoms with van der Waals surface area (Å²) in [6, 6.07) is 19.5. The van der Waals surface area contributed by atoms with E-state index in [1.165, 1.54) is 11.1 Å². The molecule has 2 aromatic carbocycles. The Morgan fingerprint density at radius 3 is 2.38 bits per heavy atom. The zero-order chi connectivity index (χ0) is 29.8. The van der Waals surface area contributed by atoms with E-state index in [0.717, 1.165) is 54.9 Å². The second-order valence-electron chi connectivity index (χ2n) is 12.5. The Hall–Kier alpha value is -3.45. The van der Waals surface area contributed by atoms with Crippen LogP contribution in [0.15, 0.2) is 54.6 Å². The largest absolute Gasteiger partial charge is 0.337 e. The fraction of sp³-hybridized carbons (Fsp3) is 0.514. The van der Waals surface area contributed by atoms with E-state index in [9.17, 15) is 9.59 Å². The number of nitrogens with zero attached hydrogens (tertiary/aromatic N) is 5. The number of hydrogen-bond donors (Lipinski definition) is 0. The topological polar surface area (TPSA) is 61.7 Å². The molecule has 0 saturated carbocycles. The minimum atomic E-state index is -0.105. The van der Waals surface area contributed by atoms with Crippen molar-refractivity contribution in [3.63, 3.8) is 0 Å². The maximum absolute atomic E-state index is 14.1. The van der Waals surface area contributed by atoms with Crippen molar-refractivity contribution in [2.45, 2.75) is 91.4 Å². The molecule has 2 aliphatic heterocycles. The van der Waals surface area contributed by atoms with Crippen molar-refractivity contribution in [3.8, 4) is 0 Å². The lowest BCUT2D eigenvalue weighted by atomic mass is 9.92. The van der Waals surface area contributed by atoms with Gasteiger partial charge < -0.3 is 9.80 Å². The van der Waals surface area contributed by atoms with Crippen molar-refractivity contribution in [1.82, 2.24) is 19.6 Å². The van der Waals surface area contributed by atoms with Crippen LogP contribution < -0.4 is 4.90 Å². The summed E-state index contributed by atoms with van der Waals surface area (Å²) < 4.78 is 1.91. The molecular formula is C35H47N5O2. The van der Waals surface area contributed by atoms with Gasteiger partial charge in [0.15, 0.2) is 0 Å². The van der Waals surface area contributed by atoms with Crippen LogP contribution in [0.4, 0.5) is 5.69 Å². The first kappa shape index (κ1) is 30.0. The molecule has 0 aliphatic carbocycles. The number of anilines is 1. The molecule has 2 atom stereocenters. The average Bonchev–Trinajstić information content (AvgIpc) is 3.22. The predicted octanol–water partition coefficient (Wildman–Crippen LogP) is 5.81. The third-order valence-corrected chi connectivity index (χ3v) is 9.34. The van der Waals surface area contributed by atoms with Crippen LogP contribution in [0, 0.1) is 19.8 Å². The number of carbonyl (C=O) groups is 2. The Morgan fingerprint density at radius 1 is 0.952 bits per heavy atom. The predicted molar refractivity (Wildman–Crippen MR) is 168 cm³/mol. The first-order chi connectivity index (χ1) is 20.2. The monoisotopic (exact) mass is 569 g/mol. The summed E-state index contributed by atoms with van der Waals surface area (Å²) in [5.41, 5.74) is 6.57. The molecule has 5 rings (SSSR count). The summed E-state index contributed by atoms with van der Waals surface area (Å²) in [6.45, 7) is 10.8. The van der Waals surface area contributed by atoms with Crippen molar-refractivity contribution in [1.29, 1.82) is 0 Å². The third-order valence-electron chi connectivity index (χ3n) is 9.34. The van der Waals surface area contributed by atoms with E-state index in [4.69, 9.17) is 0 Å². The van der Waals surface area contributed by atoms with Gasteiger partial charge in [0.2, 0.25) is 11.8 Å². The summed E-state index contributed by atoms with van der Waals surface area (Å²) in [5, 5.41) is 4.57. The number of benzene rings is 2. The highest BCUT2D eigenvalue weighted by atomic mass is 16.2. The molecule has 1 saturated heterocycles. The Labute approximate surface area is 251 Å². The number of para-hydroxylation sites is 1. The van der Waals surface area contributed by atoms with E-state index in [2.05, 4.69) is 64.3 Å². The molecule has 7 nitrogen and oxygen atoms in total. The van der Waals surface area contributed by atoms with Crippen LogP contribution in [0.2, 0.25) is 0 Å². The Balaban J connectivity index is 1.50. The highest BCUT2D eigenvalue weighted by Crippen LogP contribution is 2.32. The summed E-state index contributed by atoms with van der Waals surface area (Å²) in [5.74, 6) is 0.200. The number of rotatable bonds is 6. The van der Waals surface area contributed by atoms with Crippen molar-refractivity contribution in [2.75, 3.05) is 18.0 Å². The second-order valence-corrected chi connectivity index (χ2v) is 12.5. The Kier molecular flexibility index (Phi) is 9.47. The van der Waals surface area contributed by atoms with E-state index in [-0.39, 0.29) is 23.8 Å². The van der Waals surface area contributed by atoms with Crippen LogP contribution in [0.25, 0.3) is 0 Å². The van der Waals surface area contributed by atoms with Crippen LogP contribution in [0.1, 0.15) is 74.0 Å². The van der Waals surface area contributed by atoms with Gasteiger partial charge in [0, 0.05) is 69.0 Å². The molecule has 2 bridgehead atoms. The van der Waals surface area contributed by atoms with Gasteiger partial charge in [-0.05, 0) is 62.3 Å². The smallest absolute Gasteiger partial charge is 0.229 e. The highest BCUT2D eigenvalue weighted by Gasteiger charge is 2.35. The number of hydrogen-bond acceptors (Lipinski definition) is 4. The number of fused-ring (bicyclic) bond motifs is 3. The van der Waals surface area contributed by atoms with E-state index in [0.29, 0.717) is 38.5 Å². The number of amides is 2. The molecular weight excluding hydrogens is 522 g/mol. The van der Waals surface area contributed by atoms with Gasteiger partial charge >= 0.3 is 0 Å². The minimum absolute atomic E-state index is 0.105. The molecule has 0 spiro atoms. The van der Waals surface area contributed by atoms with E-state index in [1.807, 2.05) is 49.5 Å². The van der Waals surface area contributed by atoms with Crippen molar-refractivity contribution >= 4 is 17.5 Å². The van der Waals surface area contributed by atoms with Crippen LogP contribution in [0.5, 0.6) is 0 Å². The summed E-state index contributed by atoms with van der Waals surface area (Å²) >= 11 is 0. The van der Waals surface area contributed by atoms with Crippen molar-refractivity contribution in [2.24, 2.45) is 13.0 Å². The quantitative estimate of drug-likeness (QED) is 0.376. The molecule has 3 heterocycles. The van der Waals surface area contributed by atoms with Gasteiger partial charge in [-0.1, -0.05) is 68.8 Å². The van der Waals surface area contributed by atoms with Crippen LogP contribution in [-0.4, -0.2) is 56.6 Å². The van der Waals surface area contributed by atoms with E-state index < -0.39 is 0 Å². The van der Waals surface area contributed by atoms with Gasteiger partial charge in [0.05, 0.1) is 5.69 Å². The first-order valence-electron chi connectivity index (χ1n) is 15.7. The molecule has 1 fully saturated rings. The highest BCUT2D eigenvalue weighted by molar-refractivity contribution is 5.95. The maximum atomic E-state index is 14.1. The SMILES string of the molecule is Cc1nn(C)c(C)c1CCC(=O)N1Cc2ccccc2N(C(=O)C(C)C)CCC2CCCC(C1)N2Cc1ccccc1. The van der Waals surface area contributed by atoms with Gasteiger partial charge in [0.25, 0.3) is 0 Å². The molecule has 0 N–H and O–H groups in total. The Bertz CT molecular complexity index is 1380. The number of piperidine rings is 1. The molecule has 42 heavy (non-hydrogen) atoms.